The molecule has 3 rings (SSSR count). The Morgan fingerprint density at radius 3 is 2.36 bits per heavy atom. The minimum Gasteiger partial charge on any atom is -0.495 e. The van der Waals surface area contributed by atoms with Crippen molar-refractivity contribution in [1.29, 1.82) is 0 Å². The maximum atomic E-state index is 13.4. The van der Waals surface area contributed by atoms with E-state index in [0.717, 1.165) is 12.1 Å². The van der Waals surface area contributed by atoms with Crippen molar-refractivity contribution in [2.75, 3.05) is 38.7 Å². The zero-order chi connectivity index (χ0) is 20.3. The van der Waals surface area contributed by atoms with Crippen LogP contribution in [0.3, 0.4) is 0 Å². The van der Waals surface area contributed by atoms with Crippen molar-refractivity contribution < 1.29 is 31.5 Å². The summed E-state index contributed by atoms with van der Waals surface area (Å²) in [6.07, 6.45) is 0. The summed E-state index contributed by atoms with van der Waals surface area (Å²) >= 11 is 0. The number of anilines is 1. The number of nitrogens with one attached hydrogen (secondary N) is 1. The summed E-state index contributed by atoms with van der Waals surface area (Å²) in [6, 6.07) is 6.40. The van der Waals surface area contributed by atoms with Gasteiger partial charge in [-0.1, -0.05) is 0 Å². The second kappa shape index (κ2) is 8.21. The van der Waals surface area contributed by atoms with Crippen LogP contribution in [-0.2, 0) is 14.8 Å². The zero-order valence-corrected chi connectivity index (χ0v) is 15.8. The van der Waals surface area contributed by atoms with Gasteiger partial charge >= 0.3 is 0 Å². The number of amides is 1. The fourth-order valence-electron chi connectivity index (χ4n) is 2.76. The summed E-state index contributed by atoms with van der Waals surface area (Å²) < 4.78 is 63.9. The van der Waals surface area contributed by atoms with E-state index in [4.69, 9.17) is 9.47 Å². The molecule has 150 valence electrons. The summed E-state index contributed by atoms with van der Waals surface area (Å²) in [5.74, 6) is -2.41. The van der Waals surface area contributed by atoms with Gasteiger partial charge in [-0.05, 0) is 30.3 Å². The van der Waals surface area contributed by atoms with Gasteiger partial charge in [0.05, 0.1) is 30.9 Å². The Kier molecular flexibility index (Phi) is 5.92. The monoisotopic (exact) mass is 412 g/mol. The van der Waals surface area contributed by atoms with E-state index in [1.807, 2.05) is 0 Å². The van der Waals surface area contributed by atoms with Crippen molar-refractivity contribution in [3.63, 3.8) is 0 Å². The molecule has 0 aliphatic carbocycles. The van der Waals surface area contributed by atoms with E-state index in [9.17, 15) is 22.0 Å². The summed E-state index contributed by atoms with van der Waals surface area (Å²) in [4.78, 5) is 12.3. The van der Waals surface area contributed by atoms with E-state index in [0.29, 0.717) is 19.3 Å². The van der Waals surface area contributed by atoms with E-state index < -0.39 is 27.6 Å². The van der Waals surface area contributed by atoms with Crippen molar-refractivity contribution in [1.82, 2.24) is 4.31 Å². The molecule has 28 heavy (non-hydrogen) atoms. The Bertz CT molecular complexity index is 971. The molecule has 7 nitrogen and oxygen atoms in total. The van der Waals surface area contributed by atoms with Crippen LogP contribution in [0.25, 0.3) is 0 Å². The molecule has 1 aliphatic rings. The molecule has 0 unspecified atom stereocenters. The number of morpholine rings is 1. The van der Waals surface area contributed by atoms with Crippen LogP contribution in [0.4, 0.5) is 14.5 Å². The van der Waals surface area contributed by atoms with Crippen LogP contribution < -0.4 is 10.1 Å². The second-order valence-corrected chi connectivity index (χ2v) is 7.93. The van der Waals surface area contributed by atoms with Crippen molar-refractivity contribution in [3.8, 4) is 5.75 Å². The summed E-state index contributed by atoms with van der Waals surface area (Å²) in [5.41, 5.74) is -0.188. The van der Waals surface area contributed by atoms with Gasteiger partial charge in [-0.3, -0.25) is 4.79 Å². The minimum absolute atomic E-state index is 0.0454. The maximum absolute atomic E-state index is 13.4. The number of benzene rings is 2. The molecular formula is C18H18F2N2O5S. The molecule has 0 spiro atoms. The third-order valence-corrected chi connectivity index (χ3v) is 6.05. The van der Waals surface area contributed by atoms with Gasteiger partial charge in [0, 0.05) is 24.7 Å². The molecule has 0 bridgehead atoms. The molecule has 0 aromatic heterocycles. The third kappa shape index (κ3) is 4.29. The van der Waals surface area contributed by atoms with Gasteiger partial charge in [-0.2, -0.15) is 4.31 Å². The Hall–Kier alpha value is -2.56. The average Bonchev–Trinajstić information content (AvgIpc) is 2.67. The predicted octanol–water partition coefficient (Wildman–Crippen LogP) is 2.25. The van der Waals surface area contributed by atoms with Gasteiger partial charge in [0.1, 0.15) is 17.4 Å². The van der Waals surface area contributed by atoms with E-state index in [1.54, 1.807) is 0 Å². The van der Waals surface area contributed by atoms with Crippen LogP contribution in [-0.4, -0.2) is 52.0 Å². The van der Waals surface area contributed by atoms with Crippen molar-refractivity contribution >= 4 is 21.6 Å². The number of ether oxygens (including phenoxy) is 2. The Labute approximate surface area is 160 Å². The molecule has 1 aliphatic heterocycles. The molecule has 2 aromatic carbocycles. The van der Waals surface area contributed by atoms with Crippen LogP contribution in [0.15, 0.2) is 41.3 Å². The smallest absolute Gasteiger partial charge is 0.255 e. The van der Waals surface area contributed by atoms with E-state index in [2.05, 4.69) is 5.32 Å². The highest BCUT2D eigenvalue weighted by molar-refractivity contribution is 7.89. The molecule has 1 N–H and O–H groups in total. The van der Waals surface area contributed by atoms with Crippen LogP contribution in [0, 0.1) is 11.6 Å². The molecule has 1 amide bonds. The highest BCUT2D eigenvalue weighted by atomic mass is 32.2. The molecule has 0 radical (unpaired) electrons. The van der Waals surface area contributed by atoms with Crippen LogP contribution in [0.5, 0.6) is 5.75 Å². The molecule has 10 heteroatoms. The number of methoxy groups -OCH3 is 1. The van der Waals surface area contributed by atoms with Crippen molar-refractivity contribution in [2.45, 2.75) is 4.90 Å². The number of halogens is 2. The van der Waals surface area contributed by atoms with Gasteiger partial charge < -0.3 is 14.8 Å². The number of sulfonamides is 1. The molecule has 0 saturated carbocycles. The first-order valence-electron chi connectivity index (χ1n) is 8.34. The average molecular weight is 412 g/mol. The van der Waals surface area contributed by atoms with Gasteiger partial charge in [0.15, 0.2) is 0 Å². The molecule has 2 aromatic rings. The van der Waals surface area contributed by atoms with Crippen LogP contribution in [0.2, 0.25) is 0 Å². The lowest BCUT2D eigenvalue weighted by molar-refractivity contribution is 0.0730. The van der Waals surface area contributed by atoms with Gasteiger partial charge in [-0.15, -0.1) is 0 Å². The number of carbonyl (C=O) groups excluding carboxylic acids is 1. The molecule has 0 atom stereocenters. The van der Waals surface area contributed by atoms with Gasteiger partial charge in [-0.25, -0.2) is 17.2 Å². The Balaban J connectivity index is 1.92. The fraction of sp³-hybridized carbons (Fsp3) is 0.278. The molecule has 1 saturated heterocycles. The topological polar surface area (TPSA) is 84.9 Å². The predicted molar refractivity (Wildman–Crippen MR) is 96.9 cm³/mol. The normalized spacial score (nSPS) is 15.2. The third-order valence-electron chi connectivity index (χ3n) is 4.15. The lowest BCUT2D eigenvalue weighted by atomic mass is 10.2. The van der Waals surface area contributed by atoms with Crippen molar-refractivity contribution in [2.24, 2.45) is 0 Å². The van der Waals surface area contributed by atoms with E-state index >= 15 is 0 Å². The number of rotatable bonds is 5. The number of hydrogen-bond acceptors (Lipinski definition) is 5. The first kappa shape index (κ1) is 20.2. The first-order valence-corrected chi connectivity index (χ1v) is 9.78. The minimum atomic E-state index is -3.80. The number of carbonyl (C=O) groups is 1. The highest BCUT2D eigenvalue weighted by Gasteiger charge is 2.27. The quantitative estimate of drug-likeness (QED) is 0.814. The first-order chi connectivity index (χ1) is 13.3. The maximum Gasteiger partial charge on any atom is 0.255 e. The fourth-order valence-corrected chi connectivity index (χ4v) is 4.20. The van der Waals surface area contributed by atoms with Crippen LogP contribution in [0.1, 0.15) is 10.4 Å². The standard InChI is InChI=1S/C18H18F2N2O5S/c1-26-17-3-2-15(28(24,25)22-4-6-27-7-5-22)11-16(17)21-18(23)12-8-13(19)10-14(20)9-12/h2-3,8-11H,4-7H2,1H3,(H,21,23). The second-order valence-electron chi connectivity index (χ2n) is 5.99. The summed E-state index contributed by atoms with van der Waals surface area (Å²) in [6.45, 7) is 1.03. The van der Waals surface area contributed by atoms with Gasteiger partial charge in [0.2, 0.25) is 10.0 Å². The summed E-state index contributed by atoms with van der Waals surface area (Å²) in [7, 11) is -2.45. The SMILES string of the molecule is COc1ccc(S(=O)(=O)N2CCOCC2)cc1NC(=O)c1cc(F)cc(F)c1. The Morgan fingerprint density at radius 2 is 1.75 bits per heavy atom. The number of nitrogens with zero attached hydrogens (tertiary/aromatic N) is 1. The van der Waals surface area contributed by atoms with Gasteiger partial charge in [0.25, 0.3) is 5.91 Å². The molecular weight excluding hydrogens is 394 g/mol. The number of hydrogen-bond donors (Lipinski definition) is 1. The highest BCUT2D eigenvalue weighted by Crippen LogP contribution is 2.29. The van der Waals surface area contributed by atoms with E-state index in [1.165, 1.54) is 29.6 Å². The van der Waals surface area contributed by atoms with Crippen molar-refractivity contribution in [3.05, 3.63) is 53.6 Å². The lowest BCUT2D eigenvalue weighted by Crippen LogP contribution is -2.40. The summed E-state index contributed by atoms with van der Waals surface area (Å²) in [5, 5.41) is 2.44. The zero-order valence-electron chi connectivity index (χ0n) is 14.9. The Morgan fingerprint density at radius 1 is 1.11 bits per heavy atom. The lowest BCUT2D eigenvalue weighted by Gasteiger charge is -2.26. The van der Waals surface area contributed by atoms with Crippen LogP contribution >= 0.6 is 0 Å². The molecule has 1 heterocycles. The van der Waals surface area contributed by atoms with E-state index in [-0.39, 0.29) is 35.0 Å². The molecule has 1 fully saturated rings. The largest absolute Gasteiger partial charge is 0.495 e.